The summed E-state index contributed by atoms with van der Waals surface area (Å²) >= 11 is 0. The van der Waals surface area contributed by atoms with Gasteiger partial charge in [-0.05, 0) is 230 Å². The van der Waals surface area contributed by atoms with E-state index in [0.29, 0.717) is 34.2 Å². The Morgan fingerprint density at radius 1 is 0.268 bits per heavy atom. The number of carboxylic acids is 5. The number of hydrogen-bond donors (Lipinski definition) is 5. The second kappa shape index (κ2) is 17.0. The highest BCUT2D eigenvalue weighted by molar-refractivity contribution is 6.15. The van der Waals surface area contributed by atoms with E-state index in [1.54, 1.807) is 34.6 Å². The summed E-state index contributed by atoms with van der Waals surface area (Å²) in [5, 5.41) is 53.6. The maximum Gasteiger partial charge on any atom is 0.310 e. The first-order valence-corrected chi connectivity index (χ1v) is 33.9. The summed E-state index contributed by atoms with van der Waals surface area (Å²) in [6, 6.07) is 66.2. The van der Waals surface area contributed by atoms with Crippen molar-refractivity contribution in [2.24, 2.45) is 5.41 Å². The van der Waals surface area contributed by atoms with Gasteiger partial charge in [-0.2, -0.15) is 0 Å². The molecule has 0 saturated carbocycles. The molecular formula is C87H60O10. The predicted octanol–water partition coefficient (Wildman–Crippen LogP) is 16.6. The molecule has 0 radical (unpaired) electrons. The number of rotatable bonds is 16. The van der Waals surface area contributed by atoms with Gasteiger partial charge in [-0.3, -0.25) is 24.0 Å². The van der Waals surface area contributed by atoms with Crippen molar-refractivity contribution in [2.45, 2.75) is 105 Å². The second-order valence-corrected chi connectivity index (χ2v) is 29.5. The van der Waals surface area contributed by atoms with Crippen molar-refractivity contribution < 1.29 is 49.5 Å². The SMILES string of the molecule is CCC12C3=C4C5=C1[C@@]1(c6ccc(C(C)C(=O)O)cc6)c6c7ccc8c6C2(c2ccc(C(C)C(=O)O)cc2)c2c-8ccc6c2[C@]3(c2ccc(C(C)C(=O)O)cc2)c2c-6ccc3c2[C@]4(c2ccc(C(C)C(=O)O)cc2)c2c-3ccc3c2[C@]5(c2ccc(C(C)C(=O)O)cc2)c2c-3ccc-7c21. The van der Waals surface area contributed by atoms with E-state index >= 15 is 0 Å². The average Bonchev–Trinajstić information content (AvgIpc) is 1.39. The van der Waals surface area contributed by atoms with Crippen LogP contribution in [0.3, 0.4) is 0 Å². The topological polar surface area (TPSA) is 186 Å². The molecule has 468 valence electrons. The van der Waals surface area contributed by atoms with Crippen LogP contribution < -0.4 is 0 Å². The molecule has 10 heteroatoms. The van der Waals surface area contributed by atoms with Crippen molar-refractivity contribution in [1.29, 1.82) is 0 Å². The Labute approximate surface area is 557 Å². The summed E-state index contributed by atoms with van der Waals surface area (Å²) < 4.78 is 0. The molecule has 0 aromatic heterocycles. The normalized spacial score (nSPS) is 25.6. The summed E-state index contributed by atoms with van der Waals surface area (Å²) in [5.74, 6) is -8.69. The van der Waals surface area contributed by atoms with E-state index in [1.807, 2.05) is 60.7 Å². The third-order valence-corrected chi connectivity index (χ3v) is 26.6. The van der Waals surface area contributed by atoms with Gasteiger partial charge in [0.25, 0.3) is 0 Å². The molecule has 10 aromatic carbocycles. The van der Waals surface area contributed by atoms with Crippen LogP contribution in [0.15, 0.2) is 204 Å². The first kappa shape index (κ1) is 55.3. The molecule has 0 spiro atoms. The number of fused-ring (bicyclic) bond motifs is 5. The van der Waals surface area contributed by atoms with Crippen molar-refractivity contribution in [3.8, 4) is 55.6 Å². The minimum Gasteiger partial charge on any atom is -0.481 e. The summed E-state index contributed by atoms with van der Waals surface area (Å²) in [6.07, 6.45) is 0.539. The Hall–Kier alpha value is -11.0. The number of benzene rings is 10. The molecule has 11 aliphatic rings. The smallest absolute Gasteiger partial charge is 0.310 e. The van der Waals surface area contributed by atoms with E-state index in [1.165, 1.54) is 77.9 Å². The largest absolute Gasteiger partial charge is 0.481 e. The molecule has 97 heavy (non-hydrogen) atoms. The molecule has 21 rings (SSSR count). The molecule has 0 amide bonds. The third-order valence-electron chi connectivity index (χ3n) is 26.6. The molecule has 11 aliphatic carbocycles. The van der Waals surface area contributed by atoms with Crippen LogP contribution in [0.4, 0.5) is 0 Å². The highest BCUT2D eigenvalue weighted by Gasteiger charge is 2.86. The number of allylic oxidation sites excluding steroid dienone is 4. The van der Waals surface area contributed by atoms with Crippen LogP contribution in [0.5, 0.6) is 0 Å². The van der Waals surface area contributed by atoms with Crippen molar-refractivity contribution in [3.05, 3.63) is 316 Å². The van der Waals surface area contributed by atoms with E-state index in [0.717, 1.165) is 83.5 Å². The van der Waals surface area contributed by atoms with E-state index in [9.17, 15) is 49.5 Å². The maximum atomic E-state index is 13.1. The lowest BCUT2D eigenvalue weighted by Crippen LogP contribution is -2.63. The minimum atomic E-state index is -1.12. The first-order chi connectivity index (χ1) is 46.8. The summed E-state index contributed by atoms with van der Waals surface area (Å²) in [6.45, 7) is 11.1. The first-order valence-electron chi connectivity index (χ1n) is 33.9. The zero-order valence-electron chi connectivity index (χ0n) is 53.7. The molecule has 0 aliphatic heterocycles. The fourth-order valence-corrected chi connectivity index (χ4v) is 22.9. The van der Waals surface area contributed by atoms with Gasteiger partial charge in [0.15, 0.2) is 0 Å². The molecule has 5 N–H and O–H groups in total. The number of carboxylic acid groups (broad SMARTS) is 5. The van der Waals surface area contributed by atoms with Crippen molar-refractivity contribution >= 4 is 29.8 Å². The molecule has 0 bridgehead atoms. The Morgan fingerprint density at radius 3 is 0.670 bits per heavy atom. The quantitative estimate of drug-likeness (QED) is 0.0623. The van der Waals surface area contributed by atoms with Gasteiger partial charge < -0.3 is 25.5 Å². The van der Waals surface area contributed by atoms with Crippen LogP contribution in [0.1, 0.15) is 189 Å². The van der Waals surface area contributed by atoms with Gasteiger partial charge in [0, 0.05) is 5.41 Å². The van der Waals surface area contributed by atoms with E-state index < -0.39 is 91.9 Å². The minimum absolute atomic E-state index is 0.539. The van der Waals surface area contributed by atoms with Gasteiger partial charge in [-0.25, -0.2) is 0 Å². The van der Waals surface area contributed by atoms with Gasteiger partial charge in [-0.1, -0.05) is 189 Å². The molecule has 10 nitrogen and oxygen atoms in total. The standard InChI is InChI=1S/C87H60O10/c1-7-82-75-73-74-76(82)86(51-24-14-46(15-25-51)41(5)80(94)95)68-58-33-31-56-54-29-28-53-55-30-32-57-59-34-36-61-62-37-35-60(58)70(86)72(62)87(82,52-26-16-47(17-27-52)42(6)81(96)97)71(61)69(59)85(75,50-22-12-45(13-23-50)40(4)79(92)93)67(57)65(55)83(73,48-18-8-43(9-19-48)38(2)77(88)89)63(53)64(54)84(74,66(56)68)49-20-10-44(11-21-49)39(3)78(90)91/h8-42H,7H2,1-6H3,(H,88,89)(H,90,91)(H,92,93)(H,94,95)(H,96,97)/t38?,39?,40?,41?,42?,82?,83-,84+,85-,86+,87?. The molecule has 10 aromatic rings. The monoisotopic (exact) mass is 1260 g/mol. The van der Waals surface area contributed by atoms with Crippen molar-refractivity contribution in [3.63, 3.8) is 0 Å². The average molecular weight is 1270 g/mol. The van der Waals surface area contributed by atoms with Crippen LogP contribution in [0, 0.1) is 5.41 Å². The summed E-state index contributed by atoms with van der Waals surface area (Å²) in [7, 11) is 0. The Bertz CT molecular complexity index is 5380. The van der Waals surface area contributed by atoms with E-state index in [-0.39, 0.29) is 0 Å². The zero-order chi connectivity index (χ0) is 66.3. The van der Waals surface area contributed by atoms with E-state index in [2.05, 4.69) is 128 Å². The lowest BCUT2D eigenvalue weighted by Gasteiger charge is -2.66. The third kappa shape index (κ3) is 5.25. The lowest BCUT2D eigenvalue weighted by atomic mass is 9.34. The van der Waals surface area contributed by atoms with Gasteiger partial charge in [-0.15, -0.1) is 0 Å². The van der Waals surface area contributed by atoms with Gasteiger partial charge in [0.1, 0.15) is 0 Å². The van der Waals surface area contributed by atoms with Crippen molar-refractivity contribution in [1.82, 2.24) is 0 Å². The predicted molar refractivity (Wildman–Crippen MR) is 366 cm³/mol. The highest BCUT2D eigenvalue weighted by atomic mass is 16.4. The zero-order valence-corrected chi connectivity index (χ0v) is 53.7. The van der Waals surface area contributed by atoms with Gasteiger partial charge in [0.05, 0.1) is 56.7 Å². The number of hydrogen-bond acceptors (Lipinski definition) is 5. The summed E-state index contributed by atoms with van der Waals surface area (Å²) in [5.41, 5.74) is 29.4. The Balaban J connectivity index is 1.08. The van der Waals surface area contributed by atoms with Crippen LogP contribution >= 0.6 is 0 Å². The molecule has 0 fully saturated rings. The van der Waals surface area contributed by atoms with Gasteiger partial charge >= 0.3 is 29.8 Å². The molecule has 7 unspecified atom stereocenters. The lowest BCUT2D eigenvalue weighted by molar-refractivity contribution is -0.139. The van der Waals surface area contributed by atoms with Crippen LogP contribution in [0.25, 0.3) is 55.6 Å². The van der Waals surface area contributed by atoms with Crippen LogP contribution in [-0.4, -0.2) is 55.4 Å². The maximum absolute atomic E-state index is 13.1. The molecule has 0 heterocycles. The molecule has 11 atom stereocenters. The Kier molecular flexibility index (Phi) is 9.69. The van der Waals surface area contributed by atoms with Gasteiger partial charge in [0.2, 0.25) is 0 Å². The van der Waals surface area contributed by atoms with Crippen LogP contribution in [-0.2, 0) is 51.0 Å². The molecule has 0 saturated heterocycles. The summed E-state index contributed by atoms with van der Waals surface area (Å²) in [4.78, 5) is 65.5. The van der Waals surface area contributed by atoms with E-state index in [4.69, 9.17) is 0 Å². The van der Waals surface area contributed by atoms with Crippen LogP contribution in [0.2, 0.25) is 0 Å². The molecular weight excluding hydrogens is 1200 g/mol. The fraction of sp³-hybridized carbons (Fsp3) is 0.207. The van der Waals surface area contributed by atoms with Crippen molar-refractivity contribution in [2.75, 3.05) is 0 Å². The number of aliphatic carboxylic acids is 5. The fourth-order valence-electron chi connectivity index (χ4n) is 22.9. The highest BCUT2D eigenvalue weighted by Crippen LogP contribution is 2.93. The number of carbonyl (C=O) groups is 5. The Morgan fingerprint density at radius 2 is 0.454 bits per heavy atom. The second-order valence-electron chi connectivity index (χ2n) is 29.5.